The fraction of sp³-hybridized carbons (Fsp3) is 0.818. The topological polar surface area (TPSA) is 37.4 Å². The molecule has 0 aromatic rings. The number of hydrogen-bond acceptors (Lipinski definition) is 4. The second-order valence-electron chi connectivity index (χ2n) is 5.11. The molecule has 1 aliphatic heterocycles. The Morgan fingerprint density at radius 1 is 1.44 bits per heavy atom. The summed E-state index contributed by atoms with van der Waals surface area (Å²) in [7, 11) is 0. The molecule has 0 radical (unpaired) electrons. The summed E-state index contributed by atoms with van der Waals surface area (Å²) in [5.74, 6) is 1.50. The van der Waals surface area contributed by atoms with Crippen LogP contribution in [0.4, 0.5) is 4.79 Å². The molecule has 0 N–H and O–H groups in total. The van der Waals surface area contributed by atoms with E-state index in [-0.39, 0.29) is 22.5 Å². The summed E-state index contributed by atoms with van der Waals surface area (Å²) < 4.78 is 0. The Hall–Kier alpha value is -0.160. The minimum Gasteiger partial charge on any atom is -0.274 e. The summed E-state index contributed by atoms with van der Waals surface area (Å²) in [6.45, 7) is 6.83. The number of thiol groups is 1. The van der Waals surface area contributed by atoms with Crippen molar-refractivity contribution in [2.75, 3.05) is 18.1 Å². The minimum absolute atomic E-state index is 0.0419. The molecule has 0 saturated carbocycles. The number of nitrogens with zero attached hydrogens (tertiary/aromatic N) is 1. The van der Waals surface area contributed by atoms with Crippen LogP contribution in [0, 0.1) is 11.3 Å². The molecule has 16 heavy (non-hydrogen) atoms. The number of carbonyl (C=O) groups is 2. The monoisotopic (exact) mass is 261 g/mol. The van der Waals surface area contributed by atoms with Gasteiger partial charge in [-0.25, -0.2) is 0 Å². The van der Waals surface area contributed by atoms with Crippen molar-refractivity contribution in [2.24, 2.45) is 11.3 Å². The Bertz CT molecular complexity index is 270. The van der Waals surface area contributed by atoms with E-state index in [2.05, 4.69) is 33.4 Å². The van der Waals surface area contributed by atoms with Crippen LogP contribution in [0.2, 0.25) is 0 Å². The maximum atomic E-state index is 11.6. The molecule has 0 aromatic heterocycles. The number of imide groups is 1. The Kier molecular flexibility index (Phi) is 4.73. The van der Waals surface area contributed by atoms with Gasteiger partial charge in [-0.2, -0.15) is 12.6 Å². The van der Waals surface area contributed by atoms with Gasteiger partial charge in [0.2, 0.25) is 5.91 Å². The second kappa shape index (κ2) is 5.45. The van der Waals surface area contributed by atoms with Crippen molar-refractivity contribution < 1.29 is 9.59 Å². The third-order valence-corrected chi connectivity index (χ3v) is 4.23. The molecular formula is C11H19NO2S2. The molecule has 1 unspecified atom stereocenters. The van der Waals surface area contributed by atoms with E-state index in [1.54, 1.807) is 0 Å². The number of hydrogen-bond donors (Lipinski definition) is 1. The molecule has 0 aromatic carbocycles. The predicted molar refractivity (Wildman–Crippen MR) is 71.0 cm³/mol. The first-order valence-electron chi connectivity index (χ1n) is 5.44. The Morgan fingerprint density at radius 3 is 2.50 bits per heavy atom. The number of thioether (sulfide) groups is 1. The molecule has 5 heteroatoms. The van der Waals surface area contributed by atoms with E-state index in [1.807, 2.05) is 0 Å². The summed E-state index contributed by atoms with van der Waals surface area (Å²) in [5.41, 5.74) is 0.0599. The SMILES string of the molecule is CC(C)(C)C(CS)CN1C(=O)CCSC1=O. The van der Waals surface area contributed by atoms with Crippen molar-refractivity contribution in [1.29, 1.82) is 0 Å². The van der Waals surface area contributed by atoms with Gasteiger partial charge in [-0.1, -0.05) is 32.5 Å². The smallest absolute Gasteiger partial charge is 0.274 e. The zero-order valence-corrected chi connectivity index (χ0v) is 11.7. The van der Waals surface area contributed by atoms with E-state index in [4.69, 9.17) is 0 Å². The highest BCUT2D eigenvalue weighted by Crippen LogP contribution is 2.30. The van der Waals surface area contributed by atoms with Crippen LogP contribution < -0.4 is 0 Å². The molecule has 0 aliphatic carbocycles. The molecule has 1 heterocycles. The maximum absolute atomic E-state index is 11.6. The summed E-state index contributed by atoms with van der Waals surface area (Å²) in [6.07, 6.45) is 0.472. The van der Waals surface area contributed by atoms with Gasteiger partial charge < -0.3 is 0 Å². The lowest BCUT2D eigenvalue weighted by molar-refractivity contribution is -0.128. The summed E-state index contributed by atoms with van der Waals surface area (Å²) in [4.78, 5) is 24.7. The largest absolute Gasteiger partial charge is 0.288 e. The van der Waals surface area contributed by atoms with Gasteiger partial charge in [-0.15, -0.1) is 0 Å². The lowest BCUT2D eigenvalue weighted by Crippen LogP contribution is -2.44. The Balaban J connectivity index is 2.70. The van der Waals surface area contributed by atoms with Gasteiger partial charge in [0, 0.05) is 18.7 Å². The highest BCUT2D eigenvalue weighted by atomic mass is 32.2. The van der Waals surface area contributed by atoms with Gasteiger partial charge in [0.05, 0.1) is 0 Å². The zero-order chi connectivity index (χ0) is 12.3. The third kappa shape index (κ3) is 3.42. The molecule has 1 saturated heterocycles. The van der Waals surface area contributed by atoms with Crippen molar-refractivity contribution in [2.45, 2.75) is 27.2 Å². The van der Waals surface area contributed by atoms with Gasteiger partial charge in [-0.3, -0.25) is 14.5 Å². The summed E-state index contributed by atoms with van der Waals surface area (Å²) >= 11 is 5.55. The van der Waals surface area contributed by atoms with Crippen LogP contribution in [-0.2, 0) is 4.79 Å². The van der Waals surface area contributed by atoms with Crippen LogP contribution in [0.15, 0.2) is 0 Å². The van der Waals surface area contributed by atoms with Crippen LogP contribution in [0.5, 0.6) is 0 Å². The first-order chi connectivity index (χ1) is 7.36. The number of carbonyl (C=O) groups excluding carboxylic acids is 2. The van der Waals surface area contributed by atoms with Gasteiger partial charge in [0.15, 0.2) is 0 Å². The van der Waals surface area contributed by atoms with E-state index in [0.29, 0.717) is 24.5 Å². The average molecular weight is 261 g/mol. The van der Waals surface area contributed by atoms with Crippen molar-refractivity contribution in [3.63, 3.8) is 0 Å². The second-order valence-corrected chi connectivity index (χ2v) is 6.53. The van der Waals surface area contributed by atoms with Crippen LogP contribution in [0.1, 0.15) is 27.2 Å². The molecule has 3 nitrogen and oxygen atoms in total. The minimum atomic E-state index is -0.104. The molecule has 1 fully saturated rings. The quantitative estimate of drug-likeness (QED) is 0.794. The fourth-order valence-corrected chi connectivity index (χ4v) is 2.99. The fourth-order valence-electron chi connectivity index (χ4n) is 1.54. The molecule has 0 spiro atoms. The van der Waals surface area contributed by atoms with Crippen LogP contribution in [0.25, 0.3) is 0 Å². The Morgan fingerprint density at radius 2 is 2.06 bits per heavy atom. The van der Waals surface area contributed by atoms with E-state index < -0.39 is 0 Å². The highest BCUT2D eigenvalue weighted by molar-refractivity contribution is 8.13. The molecule has 2 amide bonds. The standard InChI is InChI=1S/C11H19NO2S2/c1-11(2,3)8(7-15)6-12-9(13)4-5-16-10(12)14/h8,15H,4-7H2,1-3H3. The third-order valence-electron chi connectivity index (χ3n) is 2.91. The van der Waals surface area contributed by atoms with E-state index in [9.17, 15) is 9.59 Å². The molecule has 1 rings (SSSR count). The average Bonchev–Trinajstić information content (AvgIpc) is 2.15. The van der Waals surface area contributed by atoms with Gasteiger partial charge in [0.1, 0.15) is 0 Å². The first-order valence-corrected chi connectivity index (χ1v) is 7.06. The lowest BCUT2D eigenvalue weighted by atomic mass is 9.81. The molecular weight excluding hydrogens is 242 g/mol. The van der Waals surface area contributed by atoms with Crippen molar-refractivity contribution in [3.8, 4) is 0 Å². The van der Waals surface area contributed by atoms with Crippen molar-refractivity contribution in [3.05, 3.63) is 0 Å². The summed E-state index contributed by atoms with van der Waals surface area (Å²) in [6, 6.07) is 0. The van der Waals surface area contributed by atoms with Crippen LogP contribution in [-0.4, -0.2) is 34.1 Å². The summed E-state index contributed by atoms with van der Waals surface area (Å²) in [5, 5.41) is -0.104. The van der Waals surface area contributed by atoms with Crippen LogP contribution in [0.3, 0.4) is 0 Å². The number of rotatable bonds is 3. The lowest BCUT2D eigenvalue weighted by Gasteiger charge is -2.34. The maximum Gasteiger partial charge on any atom is 0.288 e. The van der Waals surface area contributed by atoms with Gasteiger partial charge in [0.25, 0.3) is 5.24 Å². The molecule has 92 valence electrons. The van der Waals surface area contributed by atoms with E-state index in [0.717, 1.165) is 0 Å². The normalized spacial score (nSPS) is 20.1. The first kappa shape index (κ1) is 13.9. The predicted octanol–water partition coefficient (Wildman–Crippen LogP) is 2.66. The van der Waals surface area contributed by atoms with Crippen molar-refractivity contribution in [1.82, 2.24) is 4.90 Å². The molecule has 1 atom stereocenters. The van der Waals surface area contributed by atoms with Gasteiger partial charge >= 0.3 is 0 Å². The Labute approximate surface area is 107 Å². The zero-order valence-electron chi connectivity index (χ0n) is 10.0. The number of amides is 2. The molecule has 1 aliphatic rings. The van der Waals surface area contributed by atoms with Crippen molar-refractivity contribution >= 4 is 35.5 Å². The highest BCUT2D eigenvalue weighted by Gasteiger charge is 2.32. The van der Waals surface area contributed by atoms with Crippen LogP contribution >= 0.6 is 24.4 Å². The van der Waals surface area contributed by atoms with E-state index >= 15 is 0 Å². The molecule has 0 bridgehead atoms. The van der Waals surface area contributed by atoms with E-state index in [1.165, 1.54) is 16.7 Å². The van der Waals surface area contributed by atoms with Gasteiger partial charge in [-0.05, 0) is 17.1 Å².